The van der Waals surface area contributed by atoms with E-state index >= 15 is 0 Å². The molecule has 0 aliphatic rings. The number of nitrogens with zero attached hydrogens (tertiary/aromatic N) is 1. The molecule has 0 bridgehead atoms. The Bertz CT molecular complexity index is 609. The predicted molar refractivity (Wildman–Crippen MR) is 118 cm³/mol. The van der Waals surface area contributed by atoms with Crippen molar-refractivity contribution >= 4 is 16.1 Å². The minimum Gasteiger partial charge on any atom is -0.726 e. The molecule has 0 radical (unpaired) electrons. The number of unbranched alkanes of at least 4 members (excludes halogenated alkanes) is 9. The van der Waals surface area contributed by atoms with Crippen LogP contribution in [0, 0.1) is 0 Å². The summed E-state index contributed by atoms with van der Waals surface area (Å²) in [6.07, 6.45) is 15.4. The van der Waals surface area contributed by atoms with Gasteiger partial charge in [-0.3, -0.25) is 8.67 Å². The van der Waals surface area contributed by atoms with Crippen molar-refractivity contribution in [3.63, 3.8) is 0 Å². The Labute approximate surface area is 173 Å². The molecule has 0 aromatic heterocycles. The number of para-hydroxylation sites is 1. The van der Waals surface area contributed by atoms with Crippen molar-refractivity contribution in [3.8, 4) is 0 Å². The minimum atomic E-state index is -4.41. The molecule has 5 nitrogen and oxygen atoms in total. The van der Waals surface area contributed by atoms with E-state index in [1.807, 2.05) is 0 Å². The van der Waals surface area contributed by atoms with Gasteiger partial charge >= 0.3 is 0 Å². The van der Waals surface area contributed by atoms with Crippen molar-refractivity contribution in [2.75, 3.05) is 28.3 Å². The molecule has 0 atom stereocenters. The molecule has 0 aliphatic carbocycles. The van der Waals surface area contributed by atoms with Crippen LogP contribution in [0.1, 0.15) is 76.7 Å². The number of aryl methyl sites for hydroxylation is 1. The van der Waals surface area contributed by atoms with Gasteiger partial charge in [0.25, 0.3) is 0 Å². The summed E-state index contributed by atoms with van der Waals surface area (Å²) in [7, 11) is 3.18. The van der Waals surface area contributed by atoms with Gasteiger partial charge in [0.1, 0.15) is 5.69 Å². The third-order valence-corrected chi connectivity index (χ3v) is 5.13. The highest BCUT2D eigenvalue weighted by Crippen LogP contribution is 2.24. The van der Waals surface area contributed by atoms with E-state index < -0.39 is 10.4 Å². The van der Waals surface area contributed by atoms with Crippen LogP contribution in [0.15, 0.2) is 24.3 Å². The van der Waals surface area contributed by atoms with Crippen molar-refractivity contribution in [1.82, 2.24) is 4.48 Å². The lowest BCUT2D eigenvalue weighted by molar-refractivity contribution is 0.314. The van der Waals surface area contributed by atoms with Crippen LogP contribution in [-0.2, 0) is 21.0 Å². The normalized spacial score (nSPS) is 11.8. The number of rotatable bonds is 13. The van der Waals surface area contributed by atoms with Crippen LogP contribution < -0.4 is 4.48 Å². The lowest BCUT2D eigenvalue weighted by atomic mass is 10.0. The van der Waals surface area contributed by atoms with Crippen LogP contribution >= 0.6 is 0 Å². The Morgan fingerprint density at radius 2 is 1.29 bits per heavy atom. The van der Waals surface area contributed by atoms with Crippen LogP contribution in [0.3, 0.4) is 0 Å². The van der Waals surface area contributed by atoms with Crippen LogP contribution in [0.25, 0.3) is 0 Å². The maximum atomic E-state index is 9.22. The Balaban J connectivity index is 0.00000105. The number of benzene rings is 1. The van der Waals surface area contributed by atoms with E-state index in [0.29, 0.717) is 0 Å². The van der Waals surface area contributed by atoms with Gasteiger partial charge in [-0.25, -0.2) is 8.42 Å². The smallest absolute Gasteiger partial charge is 0.217 e. The summed E-state index contributed by atoms with van der Waals surface area (Å²) in [4.78, 5) is 0. The van der Waals surface area contributed by atoms with Crippen LogP contribution in [0.2, 0.25) is 0 Å². The zero-order chi connectivity index (χ0) is 21.5. The van der Waals surface area contributed by atoms with E-state index in [1.165, 1.54) is 81.9 Å². The summed E-state index contributed by atoms with van der Waals surface area (Å²) >= 11 is 0. The first-order chi connectivity index (χ1) is 13.1. The van der Waals surface area contributed by atoms with Crippen LogP contribution in [0.5, 0.6) is 0 Å². The van der Waals surface area contributed by atoms with E-state index in [-0.39, 0.29) is 0 Å². The summed E-state index contributed by atoms with van der Waals surface area (Å²) in [5.41, 5.74) is 3.01. The second-order valence-electron chi connectivity index (χ2n) is 8.15. The molecule has 0 spiro atoms. The van der Waals surface area contributed by atoms with Gasteiger partial charge in [-0.1, -0.05) is 82.9 Å². The average Bonchev–Trinajstić information content (AvgIpc) is 2.63. The average molecular weight is 416 g/mol. The van der Waals surface area contributed by atoms with Gasteiger partial charge < -0.3 is 4.55 Å². The molecule has 0 aliphatic heterocycles. The van der Waals surface area contributed by atoms with Crippen molar-refractivity contribution in [3.05, 3.63) is 29.8 Å². The summed E-state index contributed by atoms with van der Waals surface area (Å²) in [5.74, 6) is 0. The van der Waals surface area contributed by atoms with E-state index in [9.17, 15) is 13.0 Å². The molecule has 6 heteroatoms. The van der Waals surface area contributed by atoms with Crippen molar-refractivity contribution in [2.45, 2.75) is 77.6 Å². The largest absolute Gasteiger partial charge is 0.726 e. The number of quaternary nitrogens is 1. The minimum absolute atomic E-state index is 0.808. The molecule has 1 aromatic carbocycles. The second-order valence-corrected chi connectivity index (χ2v) is 9.30. The standard InChI is InChI=1S/C21H38N.CH4O4S/c1-5-6-7-8-9-10-11-12-13-14-17-20-18-15-16-19-21(20)22(2,3)4;1-5-6(2,3)4/h15-16,18-19H,5-14,17H2,1-4H3;1H3,(H,2,3,4)/q+1;/p-1. The Hall–Kier alpha value is -0.950. The monoisotopic (exact) mass is 415 g/mol. The van der Waals surface area contributed by atoms with E-state index in [4.69, 9.17) is 0 Å². The first-order valence-electron chi connectivity index (χ1n) is 10.5. The predicted octanol–water partition coefficient (Wildman–Crippen LogP) is 5.44. The van der Waals surface area contributed by atoms with Crippen LogP contribution in [0.4, 0.5) is 5.69 Å². The highest BCUT2D eigenvalue weighted by atomic mass is 32.3. The van der Waals surface area contributed by atoms with Crippen molar-refractivity contribution in [2.24, 2.45) is 0 Å². The second kappa shape index (κ2) is 15.0. The fraction of sp³-hybridized carbons (Fsp3) is 0.727. The maximum absolute atomic E-state index is 9.22. The summed E-state index contributed by atoms with van der Waals surface area (Å²) in [6.45, 7) is 2.29. The first-order valence-corrected chi connectivity index (χ1v) is 11.9. The molecule has 164 valence electrons. The highest BCUT2D eigenvalue weighted by molar-refractivity contribution is 7.80. The van der Waals surface area contributed by atoms with Gasteiger partial charge in [0.2, 0.25) is 10.4 Å². The van der Waals surface area contributed by atoms with Crippen molar-refractivity contribution < 1.29 is 17.2 Å². The molecule has 28 heavy (non-hydrogen) atoms. The van der Waals surface area contributed by atoms with Gasteiger partial charge in [-0.15, -0.1) is 0 Å². The fourth-order valence-corrected chi connectivity index (χ4v) is 3.18. The lowest BCUT2D eigenvalue weighted by Crippen LogP contribution is -2.35. The van der Waals surface area contributed by atoms with Gasteiger partial charge in [0, 0.05) is 5.56 Å². The van der Waals surface area contributed by atoms with Crippen LogP contribution in [-0.4, -0.2) is 41.2 Å². The SMILES string of the molecule is CCCCCCCCCCCCc1ccccc1[N+](C)(C)C.COS(=O)(=O)[O-]. The summed E-state index contributed by atoms with van der Waals surface area (Å²) in [6, 6.07) is 8.95. The molecular formula is C22H41NO4S. The molecule has 0 fully saturated rings. The summed E-state index contributed by atoms with van der Waals surface area (Å²) < 4.78 is 31.9. The van der Waals surface area contributed by atoms with E-state index in [2.05, 4.69) is 56.5 Å². The third-order valence-electron chi connectivity index (χ3n) is 4.72. The first kappa shape index (κ1) is 27.0. The maximum Gasteiger partial charge on any atom is 0.217 e. The van der Waals surface area contributed by atoms with Crippen molar-refractivity contribution in [1.29, 1.82) is 0 Å². The van der Waals surface area contributed by atoms with Gasteiger partial charge in [-0.2, -0.15) is 0 Å². The van der Waals surface area contributed by atoms with E-state index in [0.717, 1.165) is 11.6 Å². The molecule has 1 aromatic rings. The Morgan fingerprint density at radius 1 is 0.857 bits per heavy atom. The topological polar surface area (TPSA) is 66.4 Å². The van der Waals surface area contributed by atoms with Gasteiger partial charge in [-0.05, 0) is 18.9 Å². The quantitative estimate of drug-likeness (QED) is 0.186. The molecule has 0 amide bonds. The lowest BCUT2D eigenvalue weighted by Gasteiger charge is -2.26. The number of hydrogen-bond donors (Lipinski definition) is 0. The molecule has 0 N–H and O–H groups in total. The van der Waals surface area contributed by atoms with Gasteiger partial charge in [0.15, 0.2) is 0 Å². The zero-order valence-electron chi connectivity index (χ0n) is 18.6. The molecule has 0 heterocycles. The zero-order valence-corrected chi connectivity index (χ0v) is 19.4. The highest BCUT2D eigenvalue weighted by Gasteiger charge is 2.16. The Kier molecular flexibility index (Phi) is 14.5. The molecule has 0 unspecified atom stereocenters. The molecule has 0 saturated carbocycles. The molecule has 0 saturated heterocycles. The Morgan fingerprint density at radius 3 is 1.71 bits per heavy atom. The number of hydrogen-bond acceptors (Lipinski definition) is 4. The molecular weight excluding hydrogens is 374 g/mol. The van der Waals surface area contributed by atoms with Gasteiger partial charge in [0.05, 0.1) is 28.3 Å². The molecule has 1 rings (SSSR count). The third kappa shape index (κ3) is 15.0. The van der Waals surface area contributed by atoms with E-state index in [1.54, 1.807) is 0 Å². The fourth-order valence-electron chi connectivity index (χ4n) is 3.18. The summed E-state index contributed by atoms with van der Waals surface area (Å²) in [5, 5.41) is 0.